The van der Waals surface area contributed by atoms with Crippen molar-refractivity contribution in [3.8, 4) is 5.75 Å². The van der Waals surface area contributed by atoms with Crippen LogP contribution in [0.5, 0.6) is 5.75 Å². The molecule has 29 heavy (non-hydrogen) atoms. The number of halogens is 2. The Hall–Kier alpha value is -2.23. The van der Waals surface area contributed by atoms with E-state index < -0.39 is 29.1 Å². The highest BCUT2D eigenvalue weighted by Gasteiger charge is 2.41. The van der Waals surface area contributed by atoms with Crippen molar-refractivity contribution >= 4 is 64.1 Å². The van der Waals surface area contributed by atoms with Crippen molar-refractivity contribution in [2.75, 3.05) is 20.3 Å². The zero-order chi connectivity index (χ0) is 21.7. The molecule has 8 nitrogen and oxygen atoms in total. The van der Waals surface area contributed by atoms with Crippen molar-refractivity contribution in [3.63, 3.8) is 0 Å². The molecule has 1 aliphatic rings. The van der Waals surface area contributed by atoms with Crippen molar-refractivity contribution in [3.05, 3.63) is 32.6 Å². The van der Waals surface area contributed by atoms with Crippen molar-refractivity contribution < 1.29 is 33.4 Å². The Morgan fingerprint density at radius 3 is 2.41 bits per heavy atom. The summed E-state index contributed by atoms with van der Waals surface area (Å²) in [4.78, 5) is 48.8. The minimum Gasteiger partial charge on any atom is -0.479 e. The minimum absolute atomic E-state index is 0.0833. The first-order chi connectivity index (χ1) is 13.7. The summed E-state index contributed by atoms with van der Waals surface area (Å²) in [5, 5.41) is -0.379. The summed E-state index contributed by atoms with van der Waals surface area (Å²) in [6, 6.07) is 1.88. The summed E-state index contributed by atoms with van der Waals surface area (Å²) in [6.45, 7) is 2.80. The van der Waals surface area contributed by atoms with Crippen molar-refractivity contribution in [2.24, 2.45) is 0 Å². The maximum absolute atomic E-state index is 12.6. The maximum Gasteiger partial charge on any atom is 0.343 e. The molecule has 0 aromatic heterocycles. The second kappa shape index (κ2) is 10.00. The van der Waals surface area contributed by atoms with Crippen molar-refractivity contribution in [1.82, 2.24) is 4.90 Å². The third-order valence-corrected chi connectivity index (χ3v) is 5.16. The van der Waals surface area contributed by atoms with E-state index in [9.17, 15) is 19.2 Å². The molecule has 0 radical (unpaired) electrons. The van der Waals surface area contributed by atoms with E-state index in [0.29, 0.717) is 17.3 Å². The molecule has 0 bridgehead atoms. The lowest BCUT2D eigenvalue weighted by Gasteiger charge is -2.19. The van der Waals surface area contributed by atoms with Gasteiger partial charge in [0.15, 0.2) is 12.4 Å². The SMILES string of the molecule is CCOC(=O)[C@@H](C)N1C(=O)S/C(=C/c2cc(Cl)c(OCC(=O)OC)c(Cl)c2)C1=O. The van der Waals surface area contributed by atoms with Gasteiger partial charge in [-0.3, -0.25) is 14.5 Å². The number of carbonyl (C=O) groups excluding carboxylic acids is 4. The summed E-state index contributed by atoms with van der Waals surface area (Å²) in [6.07, 6.45) is 1.42. The van der Waals surface area contributed by atoms with Crippen LogP contribution in [0.4, 0.5) is 4.79 Å². The van der Waals surface area contributed by atoms with Crippen LogP contribution in [-0.2, 0) is 23.9 Å². The third-order valence-electron chi connectivity index (χ3n) is 3.72. The Morgan fingerprint density at radius 1 is 1.24 bits per heavy atom. The fraction of sp³-hybridized carbons (Fsp3) is 0.333. The fourth-order valence-corrected chi connectivity index (χ4v) is 3.85. The average molecular weight is 462 g/mol. The number of benzene rings is 1. The number of hydrogen-bond acceptors (Lipinski definition) is 8. The molecule has 0 saturated carbocycles. The molecule has 0 unspecified atom stereocenters. The Labute approximate surface area is 181 Å². The average Bonchev–Trinajstić information content (AvgIpc) is 2.93. The van der Waals surface area contributed by atoms with Gasteiger partial charge in [-0.15, -0.1) is 0 Å². The molecule has 1 aliphatic heterocycles. The van der Waals surface area contributed by atoms with Crippen LogP contribution in [0.25, 0.3) is 6.08 Å². The predicted molar refractivity (Wildman–Crippen MR) is 108 cm³/mol. The first kappa shape index (κ1) is 23.1. The van der Waals surface area contributed by atoms with Crippen LogP contribution in [-0.4, -0.2) is 54.4 Å². The van der Waals surface area contributed by atoms with Crippen LogP contribution < -0.4 is 4.74 Å². The lowest BCUT2D eigenvalue weighted by Crippen LogP contribution is -2.42. The summed E-state index contributed by atoms with van der Waals surface area (Å²) in [5.41, 5.74) is 0.430. The van der Waals surface area contributed by atoms with Crippen LogP contribution in [0.1, 0.15) is 19.4 Å². The number of hydrogen-bond donors (Lipinski definition) is 0. The zero-order valence-electron chi connectivity index (χ0n) is 15.7. The third kappa shape index (κ3) is 5.43. The lowest BCUT2D eigenvalue weighted by molar-refractivity contribution is -0.150. The number of ether oxygens (including phenoxy) is 3. The number of methoxy groups -OCH3 is 1. The normalized spacial score (nSPS) is 16.2. The Balaban J connectivity index is 2.24. The summed E-state index contributed by atoms with van der Waals surface area (Å²) >= 11 is 13.0. The van der Waals surface area contributed by atoms with E-state index in [1.165, 1.54) is 32.2 Å². The highest BCUT2D eigenvalue weighted by Crippen LogP contribution is 2.38. The molecule has 2 rings (SSSR count). The number of nitrogens with zero attached hydrogens (tertiary/aromatic N) is 1. The van der Waals surface area contributed by atoms with Gasteiger partial charge in [0, 0.05) is 0 Å². The molecule has 1 atom stereocenters. The van der Waals surface area contributed by atoms with E-state index in [-0.39, 0.29) is 33.9 Å². The summed E-state index contributed by atoms with van der Waals surface area (Å²) in [5.74, 6) is -1.82. The highest BCUT2D eigenvalue weighted by molar-refractivity contribution is 8.18. The molecule has 0 spiro atoms. The number of imide groups is 1. The molecule has 2 amide bonds. The lowest BCUT2D eigenvalue weighted by atomic mass is 10.2. The van der Waals surface area contributed by atoms with E-state index in [2.05, 4.69) is 4.74 Å². The number of esters is 2. The summed E-state index contributed by atoms with van der Waals surface area (Å²) < 4.78 is 14.6. The van der Waals surface area contributed by atoms with Gasteiger partial charge in [-0.1, -0.05) is 23.2 Å². The molecule has 11 heteroatoms. The van der Waals surface area contributed by atoms with Crippen LogP contribution in [0.2, 0.25) is 10.0 Å². The minimum atomic E-state index is -1.05. The van der Waals surface area contributed by atoms with Crippen LogP contribution in [0.15, 0.2) is 17.0 Å². The quantitative estimate of drug-likeness (QED) is 0.448. The zero-order valence-corrected chi connectivity index (χ0v) is 18.0. The van der Waals surface area contributed by atoms with Gasteiger partial charge in [0.05, 0.1) is 28.7 Å². The van der Waals surface area contributed by atoms with Crippen LogP contribution in [0, 0.1) is 0 Å². The molecule has 1 saturated heterocycles. The Bertz CT molecular complexity index is 864. The summed E-state index contributed by atoms with van der Waals surface area (Å²) in [7, 11) is 1.22. The Morgan fingerprint density at radius 2 is 1.86 bits per heavy atom. The van der Waals surface area contributed by atoms with E-state index in [0.717, 1.165) is 4.90 Å². The van der Waals surface area contributed by atoms with Gasteiger partial charge >= 0.3 is 11.9 Å². The van der Waals surface area contributed by atoms with Gasteiger partial charge < -0.3 is 14.2 Å². The molecular formula is C18H17Cl2NO7S. The van der Waals surface area contributed by atoms with Crippen molar-refractivity contribution in [2.45, 2.75) is 19.9 Å². The smallest absolute Gasteiger partial charge is 0.343 e. The van der Waals surface area contributed by atoms with Gasteiger partial charge in [0.25, 0.3) is 11.1 Å². The predicted octanol–water partition coefficient (Wildman–Crippen LogP) is 3.53. The van der Waals surface area contributed by atoms with Gasteiger partial charge in [-0.05, 0) is 49.4 Å². The van der Waals surface area contributed by atoms with E-state index in [1.807, 2.05) is 0 Å². The van der Waals surface area contributed by atoms with Gasteiger partial charge in [-0.2, -0.15) is 0 Å². The number of carbonyl (C=O) groups is 4. The van der Waals surface area contributed by atoms with Gasteiger partial charge in [0.2, 0.25) is 0 Å². The largest absolute Gasteiger partial charge is 0.479 e. The first-order valence-corrected chi connectivity index (χ1v) is 9.89. The standard InChI is InChI=1S/C18H17Cl2NO7S/c1-4-27-17(24)9(2)21-16(23)13(29-18(21)25)7-10-5-11(19)15(12(20)6-10)28-8-14(22)26-3/h5-7,9H,4,8H2,1-3H3/b13-7+/t9-/m1/s1. The number of rotatable bonds is 7. The first-order valence-electron chi connectivity index (χ1n) is 8.31. The van der Waals surface area contributed by atoms with Gasteiger partial charge in [-0.25, -0.2) is 9.59 Å². The molecule has 1 fully saturated rings. The van der Waals surface area contributed by atoms with Crippen LogP contribution in [0.3, 0.4) is 0 Å². The fourth-order valence-electron chi connectivity index (χ4n) is 2.32. The number of amides is 2. The highest BCUT2D eigenvalue weighted by atomic mass is 35.5. The Kier molecular flexibility index (Phi) is 7.95. The monoisotopic (exact) mass is 461 g/mol. The molecule has 1 heterocycles. The molecule has 0 N–H and O–H groups in total. The second-order valence-electron chi connectivity index (χ2n) is 5.66. The van der Waals surface area contributed by atoms with E-state index in [4.69, 9.17) is 32.7 Å². The number of thioether (sulfide) groups is 1. The maximum atomic E-state index is 12.6. The van der Waals surface area contributed by atoms with E-state index in [1.54, 1.807) is 6.92 Å². The molecule has 156 valence electrons. The molecule has 1 aromatic rings. The van der Waals surface area contributed by atoms with Crippen molar-refractivity contribution in [1.29, 1.82) is 0 Å². The molecule has 0 aliphatic carbocycles. The molecular weight excluding hydrogens is 445 g/mol. The van der Waals surface area contributed by atoms with Crippen LogP contribution >= 0.6 is 35.0 Å². The topological polar surface area (TPSA) is 99.2 Å². The second-order valence-corrected chi connectivity index (χ2v) is 7.47. The van der Waals surface area contributed by atoms with E-state index >= 15 is 0 Å². The van der Waals surface area contributed by atoms with Gasteiger partial charge in [0.1, 0.15) is 6.04 Å². The molecule has 1 aromatic carbocycles.